The van der Waals surface area contributed by atoms with Crippen LogP contribution < -0.4 is 21.7 Å². The summed E-state index contributed by atoms with van der Waals surface area (Å²) >= 11 is 0. The molecule has 0 aromatic heterocycles. The molecule has 0 aliphatic carbocycles. The number of rotatable bonds is 8. The van der Waals surface area contributed by atoms with Crippen LogP contribution >= 0.6 is 0 Å². The summed E-state index contributed by atoms with van der Waals surface area (Å²) in [6.07, 6.45) is -0.616. The molecule has 2 saturated heterocycles. The fourth-order valence-corrected chi connectivity index (χ4v) is 4.79. The fourth-order valence-electron chi connectivity index (χ4n) is 4.79. The highest BCUT2D eigenvalue weighted by atomic mass is 16.5. The molecule has 0 saturated carbocycles. The van der Waals surface area contributed by atoms with Gasteiger partial charge in [0.2, 0.25) is 11.8 Å². The minimum atomic E-state index is -0.865. The average molecular weight is 480 g/mol. The Labute approximate surface area is 205 Å². The predicted octanol–water partition coefficient (Wildman–Crippen LogP) is 0.865. The van der Waals surface area contributed by atoms with Crippen molar-refractivity contribution < 1.29 is 19.1 Å². The first-order valence-electron chi connectivity index (χ1n) is 12.0. The molecule has 9 nitrogen and oxygen atoms in total. The summed E-state index contributed by atoms with van der Waals surface area (Å²) in [5, 5.41) is 8.53. The van der Waals surface area contributed by atoms with Gasteiger partial charge in [0, 0.05) is 6.54 Å². The third kappa shape index (κ3) is 5.37. The van der Waals surface area contributed by atoms with Crippen LogP contribution in [0.3, 0.4) is 0 Å². The number of hydrogen-bond acceptors (Lipinski definition) is 6. The maximum absolute atomic E-state index is 13.5. The molecule has 35 heavy (non-hydrogen) atoms. The zero-order valence-electron chi connectivity index (χ0n) is 20.0. The lowest BCUT2D eigenvalue weighted by atomic mass is 9.97. The zero-order valence-corrected chi connectivity index (χ0v) is 20.0. The van der Waals surface area contributed by atoms with Crippen LogP contribution in [0, 0.1) is 5.92 Å². The highest BCUT2D eigenvalue weighted by molar-refractivity contribution is 5.91. The van der Waals surface area contributed by atoms with Gasteiger partial charge in [-0.2, -0.15) is 0 Å². The van der Waals surface area contributed by atoms with Crippen molar-refractivity contribution in [1.82, 2.24) is 20.9 Å². The van der Waals surface area contributed by atoms with E-state index in [9.17, 15) is 14.4 Å². The lowest BCUT2D eigenvalue weighted by Crippen LogP contribution is -2.60. The highest BCUT2D eigenvalue weighted by Gasteiger charge is 2.49. The Morgan fingerprint density at radius 2 is 1.66 bits per heavy atom. The highest BCUT2D eigenvalue weighted by Crippen LogP contribution is 2.34. The Balaban J connectivity index is 1.50. The number of nitrogens with two attached hydrogens (primary N) is 1. The number of likely N-dealkylation sites (N-methyl/N-ethyl adjacent to an activating group) is 1. The minimum absolute atomic E-state index is 0.0857. The van der Waals surface area contributed by atoms with Gasteiger partial charge in [-0.05, 0) is 37.9 Å². The van der Waals surface area contributed by atoms with E-state index >= 15 is 0 Å². The number of hydrogen-bond donors (Lipinski definition) is 4. The second-order valence-electron chi connectivity index (χ2n) is 9.02. The summed E-state index contributed by atoms with van der Waals surface area (Å²) < 4.78 is 6.09. The molecule has 2 aliphatic heterocycles. The van der Waals surface area contributed by atoms with Crippen molar-refractivity contribution in [3.63, 3.8) is 0 Å². The summed E-state index contributed by atoms with van der Waals surface area (Å²) in [5.41, 5.74) is 7.60. The summed E-state index contributed by atoms with van der Waals surface area (Å²) in [4.78, 5) is 40.7. The maximum atomic E-state index is 13.5. The van der Waals surface area contributed by atoms with E-state index in [-0.39, 0.29) is 24.4 Å². The molecule has 4 rings (SSSR count). The molecular formula is C26H33N5O4. The lowest BCUT2D eigenvalue weighted by molar-refractivity contribution is -0.183. The molecule has 2 unspecified atom stereocenters. The van der Waals surface area contributed by atoms with Gasteiger partial charge in [0.1, 0.15) is 18.4 Å². The predicted molar refractivity (Wildman–Crippen MR) is 131 cm³/mol. The average Bonchev–Trinajstić information content (AvgIpc) is 3.31. The van der Waals surface area contributed by atoms with Crippen molar-refractivity contribution in [1.29, 1.82) is 0 Å². The Morgan fingerprint density at radius 3 is 2.23 bits per heavy atom. The molecule has 0 bridgehead atoms. The summed E-state index contributed by atoms with van der Waals surface area (Å²) in [6.45, 7) is 1.90. The van der Waals surface area contributed by atoms with Crippen LogP contribution in [-0.4, -0.2) is 60.8 Å². The van der Waals surface area contributed by atoms with E-state index in [0.717, 1.165) is 11.1 Å². The van der Waals surface area contributed by atoms with Crippen molar-refractivity contribution in [2.24, 2.45) is 11.7 Å². The first-order valence-corrected chi connectivity index (χ1v) is 12.0. The van der Waals surface area contributed by atoms with Crippen LogP contribution in [-0.2, 0) is 19.1 Å². The van der Waals surface area contributed by atoms with Gasteiger partial charge in [-0.3, -0.25) is 19.7 Å². The number of carbonyl (C=O) groups is 3. The van der Waals surface area contributed by atoms with Crippen molar-refractivity contribution in [3.05, 3.63) is 71.8 Å². The van der Waals surface area contributed by atoms with Crippen molar-refractivity contribution in [2.45, 2.75) is 50.3 Å². The van der Waals surface area contributed by atoms with Gasteiger partial charge in [0.25, 0.3) is 5.91 Å². The zero-order chi connectivity index (χ0) is 24.9. The Kier molecular flexibility index (Phi) is 7.80. The lowest BCUT2D eigenvalue weighted by Gasteiger charge is -2.41. The number of carbonyl (C=O) groups excluding carboxylic acids is 3. The van der Waals surface area contributed by atoms with Gasteiger partial charge in [-0.1, -0.05) is 60.7 Å². The largest absolute Gasteiger partial charge is 0.354 e. The third-order valence-electron chi connectivity index (χ3n) is 6.79. The SMILES string of the molecule is CN[C@@H](N)C(=O)NCC1C(=O)N2C(C(=O)NC(c3ccccc3)c3ccccc3)CC[C@@H]2O[C@@H]1C. The van der Waals surface area contributed by atoms with Gasteiger partial charge in [0.15, 0.2) is 0 Å². The van der Waals surface area contributed by atoms with Crippen LogP contribution in [0.1, 0.15) is 36.9 Å². The van der Waals surface area contributed by atoms with Crippen LogP contribution in [0.4, 0.5) is 0 Å². The molecule has 0 spiro atoms. The molecule has 3 amide bonds. The summed E-state index contributed by atoms with van der Waals surface area (Å²) in [7, 11) is 1.58. The van der Waals surface area contributed by atoms with Crippen molar-refractivity contribution >= 4 is 17.7 Å². The molecule has 5 N–H and O–H groups in total. The molecule has 0 radical (unpaired) electrons. The molecule has 9 heteroatoms. The molecule has 2 aliphatic rings. The van der Waals surface area contributed by atoms with Crippen molar-refractivity contribution in [2.75, 3.05) is 13.6 Å². The van der Waals surface area contributed by atoms with Gasteiger partial charge in [-0.15, -0.1) is 0 Å². The number of amides is 3. The smallest absolute Gasteiger partial charge is 0.251 e. The fraction of sp³-hybridized carbons (Fsp3) is 0.423. The number of nitrogens with one attached hydrogen (secondary N) is 3. The number of fused-ring (bicyclic) bond motifs is 1. The first-order chi connectivity index (χ1) is 16.9. The second kappa shape index (κ2) is 11.0. The molecule has 2 heterocycles. The topological polar surface area (TPSA) is 126 Å². The maximum Gasteiger partial charge on any atom is 0.251 e. The summed E-state index contributed by atoms with van der Waals surface area (Å²) in [5.74, 6) is -1.43. The van der Waals surface area contributed by atoms with E-state index < -0.39 is 36.4 Å². The van der Waals surface area contributed by atoms with Crippen molar-refractivity contribution in [3.8, 4) is 0 Å². The van der Waals surface area contributed by atoms with E-state index in [4.69, 9.17) is 10.5 Å². The van der Waals surface area contributed by atoms with Crippen LogP contribution in [0.15, 0.2) is 60.7 Å². The number of nitrogens with zero attached hydrogens (tertiary/aromatic N) is 1. The normalized spacial score (nSPS) is 24.7. The van der Waals surface area contributed by atoms with E-state index in [1.807, 2.05) is 67.6 Å². The van der Waals surface area contributed by atoms with Crippen LogP contribution in [0.2, 0.25) is 0 Å². The van der Waals surface area contributed by atoms with Gasteiger partial charge >= 0.3 is 0 Å². The van der Waals surface area contributed by atoms with Crippen LogP contribution in [0.5, 0.6) is 0 Å². The standard InChI is InChI=1S/C26H33N5O4/c1-16-19(15-29-25(33)23(27)28-2)26(34)31-20(13-14-21(31)35-16)24(32)30-22(17-9-5-3-6-10-17)18-11-7-4-8-12-18/h3-12,16,19-23,28H,13-15,27H2,1-2H3,(H,29,33)(H,30,32)/t16-,19?,20?,21+,23-/m1/s1. The molecule has 2 fully saturated rings. The first kappa shape index (κ1) is 24.8. The van der Waals surface area contributed by atoms with Crippen LogP contribution in [0.25, 0.3) is 0 Å². The van der Waals surface area contributed by atoms with E-state index in [1.54, 1.807) is 11.9 Å². The number of ether oxygens (including phenoxy) is 1. The van der Waals surface area contributed by atoms with E-state index in [0.29, 0.717) is 12.8 Å². The summed E-state index contributed by atoms with van der Waals surface area (Å²) in [6, 6.07) is 18.5. The Morgan fingerprint density at radius 1 is 1.06 bits per heavy atom. The van der Waals surface area contributed by atoms with Gasteiger partial charge in [0.05, 0.1) is 18.1 Å². The Bertz CT molecular complexity index is 995. The van der Waals surface area contributed by atoms with Gasteiger partial charge < -0.3 is 26.0 Å². The third-order valence-corrected chi connectivity index (χ3v) is 6.79. The molecule has 5 atom stereocenters. The molecule has 2 aromatic rings. The van der Waals surface area contributed by atoms with E-state index in [1.165, 1.54) is 0 Å². The quantitative estimate of drug-likeness (QED) is 0.416. The van der Waals surface area contributed by atoms with E-state index in [2.05, 4.69) is 16.0 Å². The monoisotopic (exact) mass is 479 g/mol. The van der Waals surface area contributed by atoms with Gasteiger partial charge in [-0.25, -0.2) is 0 Å². The molecular weight excluding hydrogens is 446 g/mol. The minimum Gasteiger partial charge on any atom is -0.354 e. The molecule has 2 aromatic carbocycles. The Hall–Kier alpha value is -3.27. The second-order valence-corrected chi connectivity index (χ2v) is 9.02. The number of benzene rings is 2. The molecule has 186 valence electrons.